The third kappa shape index (κ3) is 2.61. The molecule has 0 spiro atoms. The highest BCUT2D eigenvalue weighted by molar-refractivity contribution is 7.13. The smallest absolute Gasteiger partial charge is 0.180 e. The van der Waals surface area contributed by atoms with Gasteiger partial charge in [-0.15, -0.1) is 11.3 Å². The minimum atomic E-state index is 0.746. The van der Waals surface area contributed by atoms with E-state index in [0.29, 0.717) is 0 Å². The van der Waals surface area contributed by atoms with Crippen LogP contribution in [0.1, 0.15) is 0 Å². The van der Waals surface area contributed by atoms with Crippen LogP contribution in [0.3, 0.4) is 0 Å². The normalized spacial score (nSPS) is 10.9. The van der Waals surface area contributed by atoms with Crippen LogP contribution >= 0.6 is 11.3 Å². The third-order valence-corrected chi connectivity index (χ3v) is 4.72. The summed E-state index contributed by atoms with van der Waals surface area (Å²) in [4.78, 5) is 12.3. The molecule has 0 amide bonds. The molecule has 1 N–H and O–H groups in total. The van der Waals surface area contributed by atoms with E-state index in [2.05, 4.69) is 48.2 Å². The molecular weight excluding hydrogens is 318 g/mol. The van der Waals surface area contributed by atoms with Crippen LogP contribution in [0.5, 0.6) is 0 Å². The van der Waals surface area contributed by atoms with Crippen LogP contribution in [0, 0.1) is 0 Å². The summed E-state index contributed by atoms with van der Waals surface area (Å²) >= 11 is 1.70. The molecule has 0 fully saturated rings. The fraction of sp³-hybridized carbons (Fsp3) is 0.111. The summed E-state index contributed by atoms with van der Waals surface area (Å²) in [6.07, 6.45) is 5.63. The van der Waals surface area contributed by atoms with Crippen LogP contribution in [0.2, 0.25) is 0 Å². The van der Waals surface area contributed by atoms with Gasteiger partial charge in [-0.2, -0.15) is 0 Å². The van der Waals surface area contributed by atoms with Crippen molar-refractivity contribution in [3.05, 3.63) is 60.4 Å². The second-order valence-electron chi connectivity index (χ2n) is 5.66. The van der Waals surface area contributed by atoms with Crippen molar-refractivity contribution in [1.29, 1.82) is 0 Å². The maximum Gasteiger partial charge on any atom is 0.180 e. The van der Waals surface area contributed by atoms with Crippen molar-refractivity contribution in [2.75, 3.05) is 24.3 Å². The number of thiophene rings is 1. The predicted octanol–water partition coefficient (Wildman–Crippen LogP) is 4.27. The van der Waals surface area contributed by atoms with Gasteiger partial charge in [0, 0.05) is 37.9 Å². The Morgan fingerprint density at radius 1 is 1.12 bits per heavy atom. The van der Waals surface area contributed by atoms with E-state index in [0.717, 1.165) is 28.5 Å². The topological polar surface area (TPSA) is 45.5 Å². The molecule has 6 heteroatoms. The lowest BCUT2D eigenvalue weighted by atomic mass is 10.2. The van der Waals surface area contributed by atoms with E-state index in [-0.39, 0.29) is 0 Å². The standard InChI is InChI=1S/C18H17N5S/c1-22(2)14-6-3-5-13(11-14)21-17-18-20-12-15(16-7-4-10-24-16)23(18)9-8-19-17/h3-12H,1-2H3,(H,19,21). The average Bonchev–Trinajstić information content (AvgIpc) is 3.24. The Balaban J connectivity index is 1.74. The Kier molecular flexibility index (Phi) is 3.66. The number of nitrogens with zero attached hydrogens (tertiary/aromatic N) is 4. The summed E-state index contributed by atoms with van der Waals surface area (Å²) in [5.74, 6) is 0.746. The third-order valence-electron chi connectivity index (χ3n) is 3.83. The zero-order valence-corrected chi connectivity index (χ0v) is 14.3. The Morgan fingerprint density at radius 2 is 2.04 bits per heavy atom. The number of anilines is 3. The van der Waals surface area contributed by atoms with Crippen LogP contribution in [-0.2, 0) is 0 Å². The van der Waals surface area contributed by atoms with E-state index in [4.69, 9.17) is 0 Å². The first kappa shape index (κ1) is 14.7. The zero-order chi connectivity index (χ0) is 16.5. The van der Waals surface area contributed by atoms with Gasteiger partial charge in [0.05, 0.1) is 16.8 Å². The van der Waals surface area contributed by atoms with Gasteiger partial charge in [-0.25, -0.2) is 9.97 Å². The van der Waals surface area contributed by atoms with Crippen LogP contribution in [-0.4, -0.2) is 28.5 Å². The summed E-state index contributed by atoms with van der Waals surface area (Å²) in [5, 5.41) is 5.45. The van der Waals surface area contributed by atoms with E-state index >= 15 is 0 Å². The number of hydrogen-bond acceptors (Lipinski definition) is 5. The van der Waals surface area contributed by atoms with Crippen LogP contribution < -0.4 is 10.2 Å². The van der Waals surface area contributed by atoms with Crippen molar-refractivity contribution in [2.45, 2.75) is 0 Å². The van der Waals surface area contributed by atoms with Crippen molar-refractivity contribution in [2.24, 2.45) is 0 Å². The van der Waals surface area contributed by atoms with Crippen LogP contribution in [0.4, 0.5) is 17.2 Å². The van der Waals surface area contributed by atoms with Crippen molar-refractivity contribution >= 4 is 34.2 Å². The summed E-state index contributed by atoms with van der Waals surface area (Å²) < 4.78 is 2.07. The Bertz CT molecular complexity index is 972. The molecule has 0 aliphatic carbocycles. The molecule has 24 heavy (non-hydrogen) atoms. The molecule has 0 saturated carbocycles. The molecule has 0 saturated heterocycles. The number of hydrogen-bond donors (Lipinski definition) is 1. The number of imidazole rings is 1. The van der Waals surface area contributed by atoms with Crippen molar-refractivity contribution in [3.8, 4) is 10.6 Å². The molecule has 120 valence electrons. The van der Waals surface area contributed by atoms with Crippen molar-refractivity contribution < 1.29 is 0 Å². The van der Waals surface area contributed by atoms with Gasteiger partial charge in [-0.05, 0) is 29.6 Å². The van der Waals surface area contributed by atoms with Gasteiger partial charge in [0.1, 0.15) is 0 Å². The molecule has 5 nitrogen and oxygen atoms in total. The Morgan fingerprint density at radius 3 is 2.83 bits per heavy atom. The van der Waals surface area contributed by atoms with Gasteiger partial charge in [-0.1, -0.05) is 12.1 Å². The number of rotatable bonds is 4. The summed E-state index contributed by atoms with van der Waals surface area (Å²) in [6.45, 7) is 0. The number of nitrogens with one attached hydrogen (secondary N) is 1. The molecule has 4 rings (SSSR count). The summed E-state index contributed by atoms with van der Waals surface area (Å²) in [7, 11) is 4.06. The van der Waals surface area contributed by atoms with Gasteiger partial charge >= 0.3 is 0 Å². The predicted molar refractivity (Wildman–Crippen MR) is 100 cm³/mol. The van der Waals surface area contributed by atoms with Crippen molar-refractivity contribution in [3.63, 3.8) is 0 Å². The molecule has 0 aliphatic heterocycles. The Labute approximate surface area is 144 Å². The number of benzene rings is 1. The summed E-state index contributed by atoms with van der Waals surface area (Å²) in [5.41, 5.74) is 4.01. The maximum absolute atomic E-state index is 4.56. The number of fused-ring (bicyclic) bond motifs is 1. The van der Waals surface area contributed by atoms with E-state index in [1.54, 1.807) is 17.5 Å². The fourth-order valence-electron chi connectivity index (χ4n) is 2.61. The minimum absolute atomic E-state index is 0.746. The highest BCUT2D eigenvalue weighted by Crippen LogP contribution is 2.28. The van der Waals surface area contributed by atoms with E-state index in [1.165, 1.54) is 4.88 Å². The van der Waals surface area contributed by atoms with Crippen LogP contribution in [0.25, 0.3) is 16.2 Å². The Hall–Kier alpha value is -2.86. The lowest BCUT2D eigenvalue weighted by Gasteiger charge is -2.14. The lowest BCUT2D eigenvalue weighted by molar-refractivity contribution is 1.13. The SMILES string of the molecule is CN(C)c1cccc(Nc2nccn3c(-c4cccs4)cnc23)c1. The number of aromatic nitrogens is 3. The largest absolute Gasteiger partial charge is 0.378 e. The molecular formula is C18H17N5S. The monoisotopic (exact) mass is 335 g/mol. The molecule has 4 aromatic rings. The van der Waals surface area contributed by atoms with Gasteiger partial charge in [-0.3, -0.25) is 4.40 Å². The highest BCUT2D eigenvalue weighted by atomic mass is 32.1. The lowest BCUT2D eigenvalue weighted by Crippen LogP contribution is -2.08. The van der Waals surface area contributed by atoms with E-state index in [1.807, 2.05) is 44.7 Å². The fourth-order valence-corrected chi connectivity index (χ4v) is 3.35. The van der Waals surface area contributed by atoms with E-state index in [9.17, 15) is 0 Å². The maximum atomic E-state index is 4.56. The molecule has 0 radical (unpaired) electrons. The van der Waals surface area contributed by atoms with Crippen molar-refractivity contribution in [1.82, 2.24) is 14.4 Å². The first-order chi connectivity index (χ1) is 11.7. The van der Waals surface area contributed by atoms with Gasteiger partial charge in [0.25, 0.3) is 0 Å². The molecule has 3 aromatic heterocycles. The highest BCUT2D eigenvalue weighted by Gasteiger charge is 2.11. The second-order valence-corrected chi connectivity index (χ2v) is 6.61. The van der Waals surface area contributed by atoms with Gasteiger partial charge < -0.3 is 10.2 Å². The van der Waals surface area contributed by atoms with E-state index < -0.39 is 0 Å². The van der Waals surface area contributed by atoms with Crippen LogP contribution in [0.15, 0.2) is 60.4 Å². The zero-order valence-electron chi connectivity index (χ0n) is 13.5. The average molecular weight is 335 g/mol. The summed E-state index contributed by atoms with van der Waals surface area (Å²) in [6, 6.07) is 12.4. The second kappa shape index (κ2) is 5.98. The van der Waals surface area contributed by atoms with Gasteiger partial charge in [0.2, 0.25) is 0 Å². The molecule has 0 unspecified atom stereocenters. The first-order valence-corrected chi connectivity index (χ1v) is 8.51. The quantitative estimate of drug-likeness (QED) is 0.605. The first-order valence-electron chi connectivity index (χ1n) is 7.63. The van der Waals surface area contributed by atoms with Gasteiger partial charge in [0.15, 0.2) is 11.5 Å². The molecule has 0 bridgehead atoms. The molecule has 1 aromatic carbocycles. The molecule has 3 heterocycles. The minimum Gasteiger partial charge on any atom is -0.378 e. The molecule has 0 aliphatic rings. The molecule has 0 atom stereocenters.